The summed E-state index contributed by atoms with van der Waals surface area (Å²) < 4.78 is 5.20. The molecular weight excluding hydrogens is 849 g/mol. The lowest BCUT2D eigenvalue weighted by atomic mass is 9.68. The van der Waals surface area contributed by atoms with Gasteiger partial charge >= 0.3 is 0 Å². The van der Waals surface area contributed by atoms with Gasteiger partial charge in [0.25, 0.3) is 0 Å². The first kappa shape index (κ1) is 38.5. The Labute approximate surface area is 396 Å². The molecule has 0 amide bonds. The molecule has 0 radical (unpaired) electrons. The molecule has 13 aromatic rings. The summed E-state index contributed by atoms with van der Waals surface area (Å²) in [6.07, 6.45) is 0. The Morgan fingerprint density at radius 3 is 1.48 bits per heavy atom. The number of nitrogens with zero attached hydrogens (tertiary/aromatic N) is 2. The van der Waals surface area contributed by atoms with Gasteiger partial charge in [-0.05, 0) is 122 Å². The molecule has 0 aliphatic heterocycles. The van der Waals surface area contributed by atoms with Crippen LogP contribution in [0.1, 0.15) is 25.0 Å². The summed E-state index contributed by atoms with van der Waals surface area (Å²) in [4.78, 5) is 4.98. The number of rotatable bonds is 6. The van der Waals surface area contributed by atoms with E-state index >= 15 is 0 Å². The van der Waals surface area contributed by atoms with E-state index in [4.69, 9.17) is 0 Å². The molecule has 67 heavy (non-hydrogen) atoms. The molecule has 11 aromatic carbocycles. The molecular formula is C63H42N2S2. The fraction of sp³-hybridized carbons (Fsp3) is 0.0476. The van der Waals surface area contributed by atoms with Crippen LogP contribution in [0.25, 0.3) is 83.8 Å². The molecule has 0 N–H and O–H groups in total. The van der Waals surface area contributed by atoms with Gasteiger partial charge in [0.1, 0.15) is 0 Å². The van der Waals surface area contributed by atoms with Crippen molar-refractivity contribution < 1.29 is 0 Å². The van der Waals surface area contributed by atoms with Crippen LogP contribution in [0.2, 0.25) is 0 Å². The number of hydrogen-bond acceptors (Lipinski definition) is 4. The van der Waals surface area contributed by atoms with Crippen LogP contribution in [0.3, 0.4) is 0 Å². The van der Waals surface area contributed by atoms with Crippen molar-refractivity contribution in [3.63, 3.8) is 0 Å². The minimum absolute atomic E-state index is 0.288. The molecule has 4 heteroatoms. The maximum absolute atomic E-state index is 2.51. The second-order valence-corrected chi connectivity index (χ2v) is 20.5. The maximum Gasteiger partial charge on any atom is 0.0640 e. The molecule has 14 rings (SSSR count). The normalized spacial score (nSPS) is 13.0. The van der Waals surface area contributed by atoms with E-state index in [9.17, 15) is 0 Å². The number of thiophene rings is 2. The highest BCUT2D eigenvalue weighted by Gasteiger charge is 2.35. The van der Waals surface area contributed by atoms with Crippen LogP contribution in [-0.2, 0) is 5.41 Å². The lowest BCUT2D eigenvalue weighted by Crippen LogP contribution is -2.24. The molecule has 2 nitrogen and oxygen atoms in total. The number of benzene rings is 11. The van der Waals surface area contributed by atoms with Gasteiger partial charge in [-0.3, -0.25) is 0 Å². The molecule has 0 saturated heterocycles. The zero-order valence-electron chi connectivity index (χ0n) is 37.0. The summed E-state index contributed by atoms with van der Waals surface area (Å²) in [5.41, 5.74) is 12.0. The maximum atomic E-state index is 2.51. The summed E-state index contributed by atoms with van der Waals surface area (Å²) in [6, 6.07) is 81.3. The largest absolute Gasteiger partial charge is 0.309 e. The molecule has 0 saturated carbocycles. The Kier molecular flexibility index (Phi) is 8.40. The van der Waals surface area contributed by atoms with Gasteiger partial charge in [0.05, 0.1) is 26.5 Å². The van der Waals surface area contributed by atoms with Crippen molar-refractivity contribution in [3.8, 4) is 11.1 Å². The van der Waals surface area contributed by atoms with Crippen LogP contribution in [0.4, 0.5) is 34.1 Å². The fourth-order valence-corrected chi connectivity index (χ4v) is 13.7. The van der Waals surface area contributed by atoms with Gasteiger partial charge in [-0.1, -0.05) is 159 Å². The molecule has 1 aliphatic rings. The number of fused-ring (bicyclic) bond motifs is 12. The van der Waals surface area contributed by atoms with E-state index in [0.717, 1.165) is 17.1 Å². The molecule has 1 aliphatic carbocycles. The fourth-order valence-electron chi connectivity index (χ4n) is 11.3. The minimum atomic E-state index is -0.288. The molecule has 0 fully saturated rings. The first-order valence-corrected chi connectivity index (χ1v) is 24.7. The number of hydrogen-bond donors (Lipinski definition) is 0. The van der Waals surface area contributed by atoms with E-state index in [-0.39, 0.29) is 5.41 Å². The third-order valence-electron chi connectivity index (χ3n) is 14.4. The zero-order chi connectivity index (χ0) is 44.4. The molecule has 316 valence electrons. The van der Waals surface area contributed by atoms with Crippen molar-refractivity contribution in [3.05, 3.63) is 230 Å². The van der Waals surface area contributed by atoms with Gasteiger partial charge in [-0.2, -0.15) is 0 Å². The van der Waals surface area contributed by atoms with E-state index in [1.165, 1.54) is 112 Å². The van der Waals surface area contributed by atoms with Crippen LogP contribution >= 0.6 is 22.7 Å². The second-order valence-electron chi connectivity index (χ2n) is 18.4. The molecule has 2 aromatic heterocycles. The zero-order valence-corrected chi connectivity index (χ0v) is 38.6. The van der Waals surface area contributed by atoms with E-state index < -0.39 is 0 Å². The monoisotopic (exact) mass is 890 g/mol. The van der Waals surface area contributed by atoms with Crippen LogP contribution < -0.4 is 9.80 Å². The second kappa shape index (κ2) is 14.6. The topological polar surface area (TPSA) is 6.48 Å². The summed E-state index contributed by atoms with van der Waals surface area (Å²) in [7, 11) is 0. The quantitative estimate of drug-likeness (QED) is 0.154. The van der Waals surface area contributed by atoms with Crippen molar-refractivity contribution in [1.82, 2.24) is 0 Å². The van der Waals surface area contributed by atoms with Gasteiger partial charge in [-0.25, -0.2) is 0 Å². The van der Waals surface area contributed by atoms with Crippen molar-refractivity contribution in [2.24, 2.45) is 0 Å². The summed E-state index contributed by atoms with van der Waals surface area (Å²) in [5, 5.41) is 12.8. The smallest absolute Gasteiger partial charge is 0.0640 e. The molecule has 0 bridgehead atoms. The molecule has 0 atom stereocenters. The first-order valence-electron chi connectivity index (χ1n) is 23.1. The van der Waals surface area contributed by atoms with E-state index in [0.29, 0.717) is 0 Å². The Balaban J connectivity index is 1.01. The van der Waals surface area contributed by atoms with Gasteiger partial charge < -0.3 is 9.80 Å². The Morgan fingerprint density at radius 1 is 0.313 bits per heavy atom. The average Bonchev–Trinajstić information content (AvgIpc) is 3.96. The number of para-hydroxylation sites is 2. The predicted octanol–water partition coefficient (Wildman–Crippen LogP) is 19.1. The summed E-state index contributed by atoms with van der Waals surface area (Å²) >= 11 is 3.76. The lowest BCUT2D eigenvalue weighted by molar-refractivity contribution is 0.645. The molecule has 2 heterocycles. The van der Waals surface area contributed by atoms with Gasteiger partial charge in [-0.15, -0.1) is 22.7 Å². The van der Waals surface area contributed by atoms with Crippen LogP contribution in [0.15, 0.2) is 218 Å². The number of anilines is 6. The van der Waals surface area contributed by atoms with Gasteiger partial charge in [0, 0.05) is 58.8 Å². The SMILES string of the molecule is CC1(C)c2cc(N(c3ccccc3)c3cccc4c3sc3ccccc34)ccc2-c2cc3c4ccccc4c(N(c4ccccc4)c4cccc5c4sc4ccccc45)cc3c3cccc1c23. The average molecular weight is 891 g/mol. The van der Waals surface area contributed by atoms with Crippen LogP contribution in [-0.4, -0.2) is 0 Å². The Morgan fingerprint density at radius 2 is 0.821 bits per heavy atom. The summed E-state index contributed by atoms with van der Waals surface area (Å²) in [6.45, 7) is 4.84. The third-order valence-corrected chi connectivity index (χ3v) is 16.8. The highest BCUT2D eigenvalue weighted by atomic mass is 32.1. The standard InChI is InChI=1S/C63H42N2S2/c1-63(2)53-29-15-26-47-51-38-57(65(40-20-7-4-8-21-40)56-31-17-28-49-46-25-12-14-33-59(46)67-62(49)56)44-23-10-9-22-42(44)50(51)37-52(60(47)53)43-35-34-41(36-54(43)63)64(39-18-5-3-6-19-39)55-30-16-27-48-45-24-11-13-32-58(45)66-61(48)55/h3-38H,1-2H3. The van der Waals surface area contributed by atoms with Gasteiger partial charge in [0.2, 0.25) is 0 Å². The van der Waals surface area contributed by atoms with Crippen LogP contribution in [0.5, 0.6) is 0 Å². The summed E-state index contributed by atoms with van der Waals surface area (Å²) in [5.74, 6) is 0. The van der Waals surface area contributed by atoms with Crippen molar-refractivity contribution in [2.75, 3.05) is 9.80 Å². The van der Waals surface area contributed by atoms with E-state index in [2.05, 4.69) is 242 Å². The van der Waals surface area contributed by atoms with Crippen molar-refractivity contribution >= 4 is 129 Å². The van der Waals surface area contributed by atoms with Gasteiger partial charge in [0.15, 0.2) is 0 Å². The molecule has 0 unspecified atom stereocenters. The predicted molar refractivity (Wildman–Crippen MR) is 292 cm³/mol. The molecule has 0 spiro atoms. The Bertz CT molecular complexity index is 4140. The Hall–Kier alpha value is -7.76. The highest BCUT2D eigenvalue weighted by Crippen LogP contribution is 2.55. The lowest BCUT2D eigenvalue weighted by Gasteiger charge is -2.37. The third kappa shape index (κ3) is 5.67. The van der Waals surface area contributed by atoms with Crippen molar-refractivity contribution in [1.29, 1.82) is 0 Å². The minimum Gasteiger partial charge on any atom is -0.309 e. The van der Waals surface area contributed by atoms with E-state index in [1.54, 1.807) is 0 Å². The van der Waals surface area contributed by atoms with Crippen molar-refractivity contribution in [2.45, 2.75) is 19.3 Å². The van der Waals surface area contributed by atoms with E-state index in [1.807, 2.05) is 22.7 Å². The first-order chi connectivity index (χ1) is 33.0. The highest BCUT2D eigenvalue weighted by molar-refractivity contribution is 7.26. The van der Waals surface area contributed by atoms with Crippen LogP contribution in [0, 0.1) is 0 Å².